The van der Waals surface area contributed by atoms with Crippen LogP contribution in [-0.2, 0) is 0 Å². The Labute approximate surface area is 139 Å². The van der Waals surface area contributed by atoms with Crippen LogP contribution in [0, 0.1) is 11.3 Å². The summed E-state index contributed by atoms with van der Waals surface area (Å²) in [6.07, 6.45) is 3.24. The highest BCUT2D eigenvalue weighted by Crippen LogP contribution is 2.25. The average molecular weight is 327 g/mol. The number of anilines is 1. The van der Waals surface area contributed by atoms with E-state index in [4.69, 9.17) is 11.6 Å². The third kappa shape index (κ3) is 3.27. The number of halogens is 1. The van der Waals surface area contributed by atoms with Gasteiger partial charge in [-0.15, -0.1) is 0 Å². The van der Waals surface area contributed by atoms with Crippen molar-refractivity contribution in [1.29, 1.82) is 5.26 Å². The molecule has 3 rings (SSSR count). The van der Waals surface area contributed by atoms with Crippen molar-refractivity contribution < 1.29 is 4.79 Å². The average Bonchev–Trinajstić information content (AvgIpc) is 2.62. The first-order chi connectivity index (χ1) is 11.2. The quantitative estimate of drug-likeness (QED) is 0.851. The molecule has 1 aromatic carbocycles. The highest BCUT2D eigenvalue weighted by molar-refractivity contribution is 6.30. The largest absolute Gasteiger partial charge is 0.367 e. The van der Waals surface area contributed by atoms with Crippen molar-refractivity contribution in [3.05, 3.63) is 58.9 Å². The van der Waals surface area contributed by atoms with Crippen LogP contribution < -0.4 is 4.90 Å². The zero-order valence-electron chi connectivity index (χ0n) is 12.4. The maximum absolute atomic E-state index is 12.4. The number of rotatable bonds is 2. The zero-order valence-corrected chi connectivity index (χ0v) is 13.2. The molecule has 1 amide bonds. The minimum absolute atomic E-state index is 0.00522. The molecule has 0 atom stereocenters. The van der Waals surface area contributed by atoms with Gasteiger partial charge in [0.15, 0.2) is 0 Å². The van der Waals surface area contributed by atoms with Gasteiger partial charge in [-0.05, 0) is 30.3 Å². The molecular formula is C17H15ClN4O. The second-order valence-corrected chi connectivity index (χ2v) is 5.73. The van der Waals surface area contributed by atoms with Gasteiger partial charge in [-0.1, -0.05) is 11.6 Å². The third-order valence-electron chi connectivity index (χ3n) is 3.90. The Balaban J connectivity index is 1.70. The molecule has 0 aliphatic carbocycles. The topological polar surface area (TPSA) is 60.2 Å². The number of nitriles is 1. The Hall–Kier alpha value is -2.58. The lowest BCUT2D eigenvalue weighted by molar-refractivity contribution is 0.0746. The fourth-order valence-electron chi connectivity index (χ4n) is 2.70. The van der Waals surface area contributed by atoms with Crippen LogP contribution >= 0.6 is 11.6 Å². The molecule has 1 aromatic heterocycles. The monoisotopic (exact) mass is 326 g/mol. The van der Waals surface area contributed by atoms with E-state index < -0.39 is 0 Å². The highest BCUT2D eigenvalue weighted by atomic mass is 35.5. The van der Waals surface area contributed by atoms with E-state index in [2.05, 4.69) is 16.0 Å². The normalized spacial score (nSPS) is 14.4. The van der Waals surface area contributed by atoms with Crippen LogP contribution in [0.2, 0.25) is 5.02 Å². The van der Waals surface area contributed by atoms with E-state index in [1.807, 2.05) is 11.0 Å². The Bertz CT molecular complexity index is 749. The third-order valence-corrected chi connectivity index (χ3v) is 4.13. The van der Waals surface area contributed by atoms with Gasteiger partial charge in [-0.3, -0.25) is 9.78 Å². The number of benzene rings is 1. The molecule has 1 fully saturated rings. The summed E-state index contributed by atoms with van der Waals surface area (Å²) in [7, 11) is 0. The van der Waals surface area contributed by atoms with Crippen LogP contribution in [0.15, 0.2) is 42.7 Å². The molecule has 1 aliphatic heterocycles. The van der Waals surface area contributed by atoms with E-state index in [1.165, 1.54) is 0 Å². The van der Waals surface area contributed by atoms with Gasteiger partial charge >= 0.3 is 0 Å². The van der Waals surface area contributed by atoms with Crippen LogP contribution in [-0.4, -0.2) is 42.0 Å². The standard InChI is InChI=1S/C17H15ClN4O/c18-15-3-4-16(14(10-15)11-19)21-6-8-22(9-7-21)17(23)13-2-1-5-20-12-13/h1-5,10,12H,6-9H2. The SMILES string of the molecule is N#Cc1cc(Cl)ccc1N1CCN(C(=O)c2cccnc2)CC1. The summed E-state index contributed by atoms with van der Waals surface area (Å²) < 4.78 is 0. The molecular weight excluding hydrogens is 312 g/mol. The maximum atomic E-state index is 12.4. The van der Waals surface area contributed by atoms with E-state index in [0.717, 1.165) is 5.69 Å². The van der Waals surface area contributed by atoms with Crippen LogP contribution in [0.4, 0.5) is 5.69 Å². The number of hydrogen-bond acceptors (Lipinski definition) is 4. The molecule has 116 valence electrons. The second-order valence-electron chi connectivity index (χ2n) is 5.29. The van der Waals surface area contributed by atoms with Gasteiger partial charge in [0, 0.05) is 43.6 Å². The minimum Gasteiger partial charge on any atom is -0.367 e. The lowest BCUT2D eigenvalue weighted by Gasteiger charge is -2.36. The van der Waals surface area contributed by atoms with Crippen LogP contribution in [0.1, 0.15) is 15.9 Å². The molecule has 1 saturated heterocycles. The number of aromatic nitrogens is 1. The number of carbonyl (C=O) groups is 1. The summed E-state index contributed by atoms with van der Waals surface area (Å²) in [5, 5.41) is 9.81. The van der Waals surface area contributed by atoms with Crippen LogP contribution in [0.3, 0.4) is 0 Å². The molecule has 2 aromatic rings. The summed E-state index contributed by atoms with van der Waals surface area (Å²) in [4.78, 5) is 20.3. The summed E-state index contributed by atoms with van der Waals surface area (Å²) in [6.45, 7) is 2.59. The smallest absolute Gasteiger partial charge is 0.255 e. The molecule has 0 N–H and O–H groups in total. The summed E-state index contributed by atoms with van der Waals surface area (Å²) in [6, 6.07) is 11.0. The number of hydrogen-bond donors (Lipinski definition) is 0. The first-order valence-corrected chi connectivity index (χ1v) is 7.71. The summed E-state index contributed by atoms with van der Waals surface area (Å²) in [5.41, 5.74) is 2.03. The van der Waals surface area contributed by atoms with Crippen molar-refractivity contribution in [1.82, 2.24) is 9.88 Å². The van der Waals surface area contributed by atoms with Crippen molar-refractivity contribution >= 4 is 23.2 Å². The Kier molecular flexibility index (Phi) is 4.45. The van der Waals surface area contributed by atoms with Crippen molar-refractivity contribution in [2.45, 2.75) is 0 Å². The molecule has 2 heterocycles. The summed E-state index contributed by atoms with van der Waals surface area (Å²) in [5.74, 6) is -0.00522. The molecule has 0 bridgehead atoms. The first-order valence-electron chi connectivity index (χ1n) is 7.33. The van der Waals surface area contributed by atoms with Gasteiger partial charge in [-0.2, -0.15) is 5.26 Å². The Morgan fingerprint density at radius 3 is 2.65 bits per heavy atom. The molecule has 0 unspecified atom stereocenters. The van der Waals surface area contributed by atoms with Crippen molar-refractivity contribution in [3.63, 3.8) is 0 Å². The van der Waals surface area contributed by atoms with Gasteiger partial charge in [0.2, 0.25) is 0 Å². The highest BCUT2D eigenvalue weighted by Gasteiger charge is 2.23. The molecule has 1 aliphatic rings. The minimum atomic E-state index is -0.00522. The lowest BCUT2D eigenvalue weighted by atomic mass is 10.1. The van der Waals surface area contributed by atoms with E-state index in [1.54, 1.807) is 36.7 Å². The van der Waals surface area contributed by atoms with E-state index in [-0.39, 0.29) is 5.91 Å². The van der Waals surface area contributed by atoms with Gasteiger partial charge < -0.3 is 9.80 Å². The van der Waals surface area contributed by atoms with Gasteiger partial charge in [0.25, 0.3) is 5.91 Å². The zero-order chi connectivity index (χ0) is 16.2. The molecule has 5 nitrogen and oxygen atoms in total. The van der Waals surface area contributed by atoms with Crippen molar-refractivity contribution in [2.24, 2.45) is 0 Å². The Morgan fingerprint density at radius 2 is 2.00 bits per heavy atom. The molecule has 0 spiro atoms. The predicted octanol–water partition coefficient (Wildman–Crippen LogP) is 2.57. The molecule has 6 heteroatoms. The van der Waals surface area contributed by atoms with E-state index in [9.17, 15) is 10.1 Å². The van der Waals surface area contributed by atoms with Crippen LogP contribution in [0.5, 0.6) is 0 Å². The second kappa shape index (κ2) is 6.67. The fraction of sp³-hybridized carbons (Fsp3) is 0.235. The predicted molar refractivity (Wildman–Crippen MR) is 88.5 cm³/mol. The van der Waals surface area contributed by atoms with E-state index in [0.29, 0.717) is 42.3 Å². The molecule has 0 saturated carbocycles. The van der Waals surface area contributed by atoms with Crippen molar-refractivity contribution in [3.8, 4) is 6.07 Å². The number of amides is 1. The van der Waals surface area contributed by atoms with Gasteiger partial charge in [0.05, 0.1) is 16.8 Å². The van der Waals surface area contributed by atoms with Gasteiger partial charge in [0.1, 0.15) is 6.07 Å². The lowest BCUT2D eigenvalue weighted by Crippen LogP contribution is -2.49. The number of piperazine rings is 1. The number of pyridine rings is 1. The Morgan fingerprint density at radius 1 is 1.22 bits per heavy atom. The van der Waals surface area contributed by atoms with Gasteiger partial charge in [-0.25, -0.2) is 0 Å². The first kappa shape index (κ1) is 15.3. The van der Waals surface area contributed by atoms with Crippen molar-refractivity contribution in [2.75, 3.05) is 31.1 Å². The molecule has 0 radical (unpaired) electrons. The summed E-state index contributed by atoms with van der Waals surface area (Å²) >= 11 is 5.94. The maximum Gasteiger partial charge on any atom is 0.255 e. The molecule has 23 heavy (non-hydrogen) atoms. The van der Waals surface area contributed by atoms with E-state index >= 15 is 0 Å². The van der Waals surface area contributed by atoms with Crippen LogP contribution in [0.25, 0.3) is 0 Å². The number of carbonyl (C=O) groups excluding carboxylic acids is 1. The fourth-order valence-corrected chi connectivity index (χ4v) is 2.87. The number of nitrogens with zero attached hydrogens (tertiary/aromatic N) is 4.